The second-order valence-corrected chi connectivity index (χ2v) is 17.2. The van der Waals surface area contributed by atoms with Crippen LogP contribution < -0.4 is 21.9 Å². The summed E-state index contributed by atoms with van der Waals surface area (Å²) in [5.41, 5.74) is 0. The molecule has 0 aromatic rings. The van der Waals surface area contributed by atoms with E-state index < -0.39 is 0 Å². The van der Waals surface area contributed by atoms with Crippen molar-refractivity contribution < 1.29 is 35.1 Å². The third kappa shape index (κ3) is 10.1. The molecule has 1 heterocycles. The monoisotopic (exact) mass is 442 g/mol. The number of nitrogens with one attached hydrogen (secondary N) is 1. The Labute approximate surface area is 119 Å². The molecule has 82 valence electrons. The van der Waals surface area contributed by atoms with Crippen LogP contribution >= 0.6 is 27.2 Å². The fourth-order valence-corrected chi connectivity index (χ4v) is 1.22. The first-order valence-corrected chi connectivity index (χ1v) is 18.5. The molecule has 1 aliphatic rings. The van der Waals surface area contributed by atoms with Gasteiger partial charge in [0.15, 0.2) is 6.67 Å². The molecule has 0 radical (unpaired) electrons. The van der Waals surface area contributed by atoms with Gasteiger partial charge in [-0.1, -0.05) is 13.3 Å². The molecular weight excluding hydrogens is 429 g/mol. The van der Waals surface area contributed by atoms with Crippen molar-refractivity contribution in [2.45, 2.75) is 19.8 Å². The van der Waals surface area contributed by atoms with Crippen LogP contribution in [-0.2, 0) is 13.2 Å². The van der Waals surface area contributed by atoms with Crippen molar-refractivity contribution in [3.63, 3.8) is 0 Å². The summed E-state index contributed by atoms with van der Waals surface area (Å²) in [4.78, 5) is 3.81. The molecule has 0 aliphatic carbocycles. The van der Waals surface area contributed by atoms with Crippen molar-refractivity contribution >= 4 is 27.2 Å². The molecule has 0 spiro atoms. The average Bonchev–Trinajstić information content (AvgIpc) is 2.49. The van der Waals surface area contributed by atoms with E-state index in [2.05, 4.69) is 58.5 Å². The van der Waals surface area contributed by atoms with Gasteiger partial charge in [-0.15, -0.1) is 0 Å². The number of unbranched alkanes of at least 4 members (excludes halogenated alkanes) is 1. The van der Waals surface area contributed by atoms with Crippen LogP contribution in [-0.4, -0.2) is 25.2 Å². The molecule has 0 bridgehead atoms. The van der Waals surface area contributed by atoms with Crippen molar-refractivity contribution in [2.24, 2.45) is 0 Å². The quantitative estimate of drug-likeness (QED) is 0.532. The van der Waals surface area contributed by atoms with E-state index in [0.29, 0.717) is 0 Å². The van der Waals surface area contributed by atoms with Gasteiger partial charge in [-0.25, -0.2) is 0 Å². The molecule has 0 fully saturated rings. The number of nitrogens with zero attached hydrogens (tertiary/aromatic N) is 1. The van der Waals surface area contributed by atoms with Gasteiger partial charge in [-0.3, -0.25) is 4.90 Å². The Kier molecular flexibility index (Phi) is 16.2. The summed E-state index contributed by atoms with van der Waals surface area (Å²) >= 11 is 6.25. The molecule has 0 aromatic carbocycles. The first-order valence-electron chi connectivity index (χ1n) is 4.59. The van der Waals surface area contributed by atoms with Gasteiger partial charge in [0, 0.05) is 7.05 Å². The van der Waals surface area contributed by atoms with Crippen LogP contribution in [0.15, 0.2) is 12.4 Å². The topological polar surface area (TPSA) is 7.68 Å². The number of rotatable bonds is 3. The van der Waals surface area contributed by atoms with Crippen molar-refractivity contribution in [3.05, 3.63) is 12.4 Å². The maximum absolute atomic E-state index is 3.25. The normalized spacial score (nSPS) is 18.0. The zero-order valence-electron chi connectivity index (χ0n) is 8.77. The Bertz CT molecular complexity index is 147. The van der Waals surface area contributed by atoms with E-state index in [9.17, 15) is 0 Å². The predicted molar refractivity (Wildman–Crippen MR) is 60.4 cm³/mol. The summed E-state index contributed by atoms with van der Waals surface area (Å²) in [6.07, 6.45) is 7.05. The van der Waals surface area contributed by atoms with Gasteiger partial charge in [0.25, 0.3) is 0 Å². The van der Waals surface area contributed by atoms with Gasteiger partial charge in [-0.2, -0.15) is 0 Å². The van der Waals surface area contributed by atoms with Crippen LogP contribution in [0.5, 0.6) is 0 Å². The predicted octanol–water partition coefficient (Wildman–Crippen LogP) is -1.26. The van der Waals surface area contributed by atoms with Gasteiger partial charge in [0.1, 0.15) is 6.20 Å². The van der Waals surface area contributed by atoms with E-state index in [4.69, 9.17) is 0 Å². The third-order valence-electron chi connectivity index (χ3n) is 1.87. The maximum atomic E-state index is 3.25. The van der Waals surface area contributed by atoms with Crippen LogP contribution in [0.1, 0.15) is 19.8 Å². The third-order valence-corrected chi connectivity index (χ3v) is 1.87. The molecule has 14 heavy (non-hydrogen) atoms. The second-order valence-electron chi connectivity index (χ2n) is 3.09. The summed E-state index contributed by atoms with van der Waals surface area (Å²) in [7, 11) is 2.12. The van der Waals surface area contributed by atoms with Crippen LogP contribution in [0.2, 0.25) is 0 Å². The summed E-state index contributed by atoms with van der Waals surface area (Å²) in [6, 6.07) is 0. The molecule has 0 saturated carbocycles. The number of hydrogen-bond donors (Lipinski definition) is 1. The first kappa shape index (κ1) is 17.9. The van der Waals surface area contributed by atoms with E-state index in [1.165, 1.54) is 19.4 Å². The fourth-order valence-electron chi connectivity index (χ4n) is 1.22. The zero-order chi connectivity index (χ0) is 10.1. The standard InChI is InChI=1S/C8H16N2.3BrH.Zn/c1-3-4-5-10-7-6-9(2)8-10;;;;/h6-7H,3-5,8H2,1-2H3;3*1H;/q;;;;+2/p-2. The molecule has 1 unspecified atom stereocenters. The summed E-state index contributed by atoms with van der Waals surface area (Å²) in [5, 5.41) is 0. The molecule has 0 amide bonds. The average molecular weight is 446 g/mol. The van der Waals surface area contributed by atoms with Gasteiger partial charge >= 0.3 is 40.5 Å². The number of halogens is 3. The Morgan fingerprint density at radius 2 is 2.07 bits per heavy atom. The van der Waals surface area contributed by atoms with E-state index in [0.717, 1.165) is 6.67 Å². The minimum absolute atomic E-state index is 0. The second kappa shape index (κ2) is 12.6. The first-order chi connectivity index (χ1) is 6.24. The summed E-state index contributed by atoms with van der Waals surface area (Å²) in [6.45, 7) is 4.68. The van der Waals surface area contributed by atoms with E-state index in [-0.39, 0.29) is 30.2 Å². The summed E-state index contributed by atoms with van der Waals surface area (Å²) < 4.78 is 0. The van der Waals surface area contributed by atoms with E-state index in [1.54, 1.807) is 4.90 Å². The van der Waals surface area contributed by atoms with Gasteiger partial charge in [0.2, 0.25) is 0 Å². The molecule has 1 rings (SSSR count). The van der Waals surface area contributed by atoms with Crippen molar-refractivity contribution in [2.75, 3.05) is 20.3 Å². The number of quaternary nitrogens is 1. The SMILES string of the molecule is CCCC[NH+]1C=CN(C)C1.[Br-].[Br][Zn][Br]. The fraction of sp³-hybridized carbons (Fsp3) is 0.750. The molecule has 1 N–H and O–H groups in total. The summed E-state index contributed by atoms with van der Waals surface area (Å²) in [5.74, 6) is 0. The van der Waals surface area contributed by atoms with Crippen LogP contribution in [0.25, 0.3) is 0 Å². The zero-order valence-corrected chi connectivity index (χ0v) is 16.5. The van der Waals surface area contributed by atoms with Crippen LogP contribution in [0.4, 0.5) is 0 Å². The Morgan fingerprint density at radius 3 is 2.43 bits per heavy atom. The molecule has 2 nitrogen and oxygen atoms in total. The molecule has 1 atom stereocenters. The molecule has 1 aliphatic heterocycles. The van der Waals surface area contributed by atoms with Gasteiger partial charge < -0.3 is 21.9 Å². The number of hydrogen-bond acceptors (Lipinski definition) is 1. The van der Waals surface area contributed by atoms with Crippen molar-refractivity contribution in [3.8, 4) is 0 Å². The van der Waals surface area contributed by atoms with E-state index >= 15 is 0 Å². The molecular formula is C8H17Br3N2Zn. The van der Waals surface area contributed by atoms with Gasteiger partial charge in [-0.05, 0) is 6.42 Å². The van der Waals surface area contributed by atoms with Crippen molar-refractivity contribution in [1.29, 1.82) is 0 Å². The Balaban J connectivity index is 0. The Hall–Kier alpha value is 1.56. The van der Waals surface area contributed by atoms with Crippen LogP contribution in [0.3, 0.4) is 0 Å². The minimum atomic E-state index is -0.250. The molecule has 0 saturated heterocycles. The van der Waals surface area contributed by atoms with Crippen LogP contribution in [0, 0.1) is 0 Å². The van der Waals surface area contributed by atoms with Gasteiger partial charge in [0.05, 0.1) is 12.7 Å². The molecule has 0 aromatic heterocycles. The van der Waals surface area contributed by atoms with Crippen molar-refractivity contribution in [1.82, 2.24) is 4.90 Å². The van der Waals surface area contributed by atoms with E-state index in [1.807, 2.05) is 0 Å². The molecule has 6 heteroatoms. The Morgan fingerprint density at radius 1 is 1.50 bits per heavy atom.